The molecule has 86 valence electrons. The Morgan fingerprint density at radius 1 is 1.44 bits per heavy atom. The molecule has 0 saturated heterocycles. The van der Waals surface area contributed by atoms with E-state index < -0.39 is 0 Å². The van der Waals surface area contributed by atoms with Crippen LogP contribution in [0.3, 0.4) is 0 Å². The summed E-state index contributed by atoms with van der Waals surface area (Å²) in [6.07, 6.45) is 1.40. The first-order valence-corrected chi connectivity index (χ1v) is 4.98. The number of nitrogens with zero attached hydrogens (tertiary/aromatic N) is 4. The van der Waals surface area contributed by atoms with Crippen molar-refractivity contribution in [1.29, 1.82) is 0 Å². The second-order valence-corrected chi connectivity index (χ2v) is 4.45. The van der Waals surface area contributed by atoms with Gasteiger partial charge in [-0.25, -0.2) is 4.98 Å². The maximum Gasteiger partial charge on any atom is 0.241 e. The molecule has 0 aliphatic heterocycles. The highest BCUT2D eigenvalue weighted by Crippen LogP contribution is 2.09. The maximum atomic E-state index is 5.07. The van der Waals surface area contributed by atoms with Crippen LogP contribution in [0.25, 0.3) is 11.6 Å². The predicted molar refractivity (Wildman–Crippen MR) is 56.3 cm³/mol. The van der Waals surface area contributed by atoms with Crippen LogP contribution in [-0.4, -0.2) is 30.9 Å². The molecule has 0 bridgehead atoms. The number of nitrogens with one attached hydrogen (secondary N) is 2. The van der Waals surface area contributed by atoms with E-state index in [4.69, 9.17) is 4.52 Å². The van der Waals surface area contributed by atoms with Crippen molar-refractivity contribution in [2.24, 2.45) is 0 Å². The highest BCUT2D eigenvalue weighted by atomic mass is 16.5. The molecule has 7 heteroatoms. The van der Waals surface area contributed by atoms with E-state index in [0.717, 1.165) is 0 Å². The summed E-state index contributed by atoms with van der Waals surface area (Å²) in [6.45, 7) is 6.74. The fourth-order valence-corrected chi connectivity index (χ4v) is 1.08. The SMILES string of the molecule is CC(C)(C)NCc1nc(-c2ncn[nH]2)no1. The summed E-state index contributed by atoms with van der Waals surface area (Å²) >= 11 is 0. The summed E-state index contributed by atoms with van der Waals surface area (Å²) in [6, 6.07) is 0. The smallest absolute Gasteiger partial charge is 0.241 e. The van der Waals surface area contributed by atoms with Crippen molar-refractivity contribution in [2.45, 2.75) is 32.9 Å². The van der Waals surface area contributed by atoms with E-state index in [0.29, 0.717) is 24.1 Å². The fraction of sp³-hybridized carbons (Fsp3) is 0.556. The van der Waals surface area contributed by atoms with Crippen LogP contribution in [0.5, 0.6) is 0 Å². The van der Waals surface area contributed by atoms with Crippen LogP contribution in [0.1, 0.15) is 26.7 Å². The van der Waals surface area contributed by atoms with Gasteiger partial charge in [0.05, 0.1) is 6.54 Å². The van der Waals surface area contributed by atoms with Gasteiger partial charge in [-0.2, -0.15) is 10.1 Å². The van der Waals surface area contributed by atoms with Crippen LogP contribution >= 0.6 is 0 Å². The van der Waals surface area contributed by atoms with E-state index in [2.05, 4.69) is 51.4 Å². The predicted octanol–water partition coefficient (Wildman–Crippen LogP) is 0.743. The maximum absolute atomic E-state index is 5.07. The molecule has 0 fully saturated rings. The standard InChI is InChI=1S/C9H14N6O/c1-9(2,3)11-4-6-13-8(15-16-6)7-10-5-12-14-7/h5,11H,4H2,1-3H3,(H,10,12,14). The lowest BCUT2D eigenvalue weighted by atomic mass is 10.1. The largest absolute Gasteiger partial charge is 0.337 e. The molecule has 0 radical (unpaired) electrons. The molecule has 0 amide bonds. The van der Waals surface area contributed by atoms with Gasteiger partial charge in [-0.1, -0.05) is 5.16 Å². The van der Waals surface area contributed by atoms with Gasteiger partial charge in [-0.15, -0.1) is 0 Å². The number of aromatic amines is 1. The summed E-state index contributed by atoms with van der Waals surface area (Å²) in [4.78, 5) is 8.12. The van der Waals surface area contributed by atoms with E-state index >= 15 is 0 Å². The fourth-order valence-electron chi connectivity index (χ4n) is 1.08. The Balaban J connectivity index is 2.03. The quantitative estimate of drug-likeness (QED) is 0.795. The molecule has 2 aromatic rings. The van der Waals surface area contributed by atoms with Gasteiger partial charge in [-0.3, -0.25) is 5.10 Å². The van der Waals surface area contributed by atoms with Crippen molar-refractivity contribution >= 4 is 0 Å². The normalized spacial score (nSPS) is 11.9. The molecule has 7 nitrogen and oxygen atoms in total. The summed E-state index contributed by atoms with van der Waals surface area (Å²) in [5.74, 6) is 1.45. The van der Waals surface area contributed by atoms with E-state index in [9.17, 15) is 0 Å². The van der Waals surface area contributed by atoms with E-state index in [1.54, 1.807) is 0 Å². The Hall–Kier alpha value is -1.76. The lowest BCUT2D eigenvalue weighted by Gasteiger charge is -2.18. The monoisotopic (exact) mass is 222 g/mol. The van der Waals surface area contributed by atoms with Crippen molar-refractivity contribution in [3.8, 4) is 11.6 Å². The first-order valence-electron chi connectivity index (χ1n) is 4.98. The Labute approximate surface area is 92.7 Å². The zero-order valence-electron chi connectivity index (χ0n) is 9.48. The molecule has 0 saturated carbocycles. The zero-order valence-corrected chi connectivity index (χ0v) is 9.48. The minimum absolute atomic E-state index is 0.0148. The van der Waals surface area contributed by atoms with E-state index in [1.165, 1.54) is 6.33 Å². The van der Waals surface area contributed by atoms with Gasteiger partial charge in [0.2, 0.25) is 11.7 Å². The third-order valence-corrected chi connectivity index (χ3v) is 1.86. The van der Waals surface area contributed by atoms with Crippen LogP contribution in [0, 0.1) is 0 Å². The van der Waals surface area contributed by atoms with E-state index in [1.807, 2.05) is 0 Å². The number of aromatic nitrogens is 5. The molecular weight excluding hydrogens is 208 g/mol. The third kappa shape index (κ3) is 2.63. The first-order chi connectivity index (χ1) is 7.54. The summed E-state index contributed by atoms with van der Waals surface area (Å²) in [5.41, 5.74) is 0.0148. The number of hydrogen-bond acceptors (Lipinski definition) is 6. The van der Waals surface area contributed by atoms with Gasteiger partial charge in [0, 0.05) is 5.54 Å². The minimum atomic E-state index is 0.0148. The highest BCUT2D eigenvalue weighted by molar-refractivity contribution is 5.39. The Bertz CT molecular complexity index is 441. The molecule has 0 unspecified atom stereocenters. The molecule has 0 atom stereocenters. The molecule has 2 N–H and O–H groups in total. The number of rotatable bonds is 3. The van der Waals surface area contributed by atoms with Gasteiger partial charge in [-0.05, 0) is 20.8 Å². The second kappa shape index (κ2) is 4.01. The third-order valence-electron chi connectivity index (χ3n) is 1.86. The second-order valence-electron chi connectivity index (χ2n) is 4.45. The molecule has 2 aromatic heterocycles. The summed E-state index contributed by atoms with van der Waals surface area (Å²) < 4.78 is 5.07. The minimum Gasteiger partial charge on any atom is -0.337 e. The average molecular weight is 222 g/mol. The van der Waals surface area contributed by atoms with Gasteiger partial charge in [0.1, 0.15) is 6.33 Å². The van der Waals surface area contributed by atoms with Gasteiger partial charge < -0.3 is 9.84 Å². The molecule has 0 aliphatic rings. The van der Waals surface area contributed by atoms with Crippen molar-refractivity contribution in [2.75, 3.05) is 0 Å². The number of hydrogen-bond donors (Lipinski definition) is 2. The van der Waals surface area contributed by atoms with Crippen LogP contribution in [0.2, 0.25) is 0 Å². The van der Waals surface area contributed by atoms with Crippen LogP contribution < -0.4 is 5.32 Å². The Morgan fingerprint density at radius 2 is 2.25 bits per heavy atom. The molecule has 0 spiro atoms. The van der Waals surface area contributed by atoms with Gasteiger partial charge >= 0.3 is 0 Å². The van der Waals surface area contributed by atoms with Crippen molar-refractivity contribution < 1.29 is 4.52 Å². The molecule has 16 heavy (non-hydrogen) atoms. The summed E-state index contributed by atoms with van der Waals surface area (Å²) in [5, 5.41) is 13.4. The molecular formula is C9H14N6O. The van der Waals surface area contributed by atoms with Crippen LogP contribution in [0.15, 0.2) is 10.9 Å². The molecule has 0 aliphatic carbocycles. The highest BCUT2D eigenvalue weighted by Gasteiger charge is 2.14. The van der Waals surface area contributed by atoms with Gasteiger partial charge in [0.15, 0.2) is 5.82 Å². The molecule has 0 aromatic carbocycles. The van der Waals surface area contributed by atoms with Crippen molar-refractivity contribution in [3.63, 3.8) is 0 Å². The van der Waals surface area contributed by atoms with E-state index in [-0.39, 0.29) is 5.54 Å². The average Bonchev–Trinajstić information content (AvgIpc) is 2.84. The van der Waals surface area contributed by atoms with Crippen LogP contribution in [-0.2, 0) is 6.54 Å². The lowest BCUT2D eigenvalue weighted by Crippen LogP contribution is -2.35. The van der Waals surface area contributed by atoms with Crippen molar-refractivity contribution in [3.05, 3.63) is 12.2 Å². The summed E-state index contributed by atoms with van der Waals surface area (Å²) in [7, 11) is 0. The zero-order chi connectivity index (χ0) is 11.6. The first kappa shape index (κ1) is 10.7. The molecule has 2 rings (SSSR count). The van der Waals surface area contributed by atoms with Crippen molar-refractivity contribution in [1.82, 2.24) is 30.6 Å². The molecule has 2 heterocycles. The lowest BCUT2D eigenvalue weighted by molar-refractivity contribution is 0.336. The topological polar surface area (TPSA) is 92.5 Å². The Morgan fingerprint density at radius 3 is 2.88 bits per heavy atom. The number of H-pyrrole nitrogens is 1. The van der Waals surface area contributed by atoms with Gasteiger partial charge in [0.25, 0.3) is 0 Å². The van der Waals surface area contributed by atoms with Crippen LogP contribution in [0.4, 0.5) is 0 Å². The Kier molecular flexibility index (Phi) is 2.69.